The number of pyridine rings is 1. The van der Waals surface area contributed by atoms with Gasteiger partial charge in [0.25, 0.3) is 0 Å². The van der Waals surface area contributed by atoms with Gasteiger partial charge in [-0.15, -0.1) is 0 Å². The first-order valence-electron chi connectivity index (χ1n) is 5.90. The summed E-state index contributed by atoms with van der Waals surface area (Å²) in [5, 5.41) is 0. The van der Waals surface area contributed by atoms with Crippen molar-refractivity contribution in [3.8, 4) is 11.5 Å². The Morgan fingerprint density at radius 1 is 1.32 bits per heavy atom. The van der Waals surface area contributed by atoms with Gasteiger partial charge in [-0.2, -0.15) is 0 Å². The maximum absolute atomic E-state index is 13.3. The zero-order valence-corrected chi connectivity index (χ0v) is 12.3. The number of halogens is 2. The molecule has 0 spiro atoms. The van der Waals surface area contributed by atoms with E-state index in [9.17, 15) is 4.39 Å². The number of hydrogen-bond donors (Lipinski definition) is 1. The number of hydrogen-bond acceptors (Lipinski definition) is 3. The van der Waals surface area contributed by atoms with Crippen molar-refractivity contribution < 1.29 is 9.13 Å². The number of benzene rings is 1. The lowest BCUT2D eigenvalue weighted by atomic mass is 10.2. The van der Waals surface area contributed by atoms with Gasteiger partial charge in [0.05, 0.1) is 15.9 Å². The van der Waals surface area contributed by atoms with Crippen molar-refractivity contribution in [2.24, 2.45) is 0 Å². The van der Waals surface area contributed by atoms with Crippen LogP contribution in [0.25, 0.3) is 0 Å². The minimum absolute atomic E-state index is 0.253. The molecule has 1 heterocycles. The van der Waals surface area contributed by atoms with Crippen LogP contribution in [0.15, 0.2) is 28.7 Å². The number of anilines is 1. The molecule has 0 saturated heterocycles. The van der Waals surface area contributed by atoms with Gasteiger partial charge < -0.3 is 10.5 Å². The van der Waals surface area contributed by atoms with E-state index in [1.807, 2.05) is 26.0 Å². The fourth-order valence-electron chi connectivity index (χ4n) is 1.69. The van der Waals surface area contributed by atoms with Crippen molar-refractivity contribution in [3.63, 3.8) is 0 Å². The molecule has 2 rings (SSSR count). The highest BCUT2D eigenvalue weighted by Crippen LogP contribution is 2.33. The van der Waals surface area contributed by atoms with Crippen LogP contribution in [0.3, 0.4) is 0 Å². The van der Waals surface area contributed by atoms with Crippen LogP contribution < -0.4 is 10.5 Å². The van der Waals surface area contributed by atoms with Gasteiger partial charge in [0.1, 0.15) is 11.6 Å². The van der Waals surface area contributed by atoms with E-state index in [1.165, 1.54) is 12.1 Å². The van der Waals surface area contributed by atoms with E-state index in [0.717, 1.165) is 17.8 Å². The first-order chi connectivity index (χ1) is 9.01. The second kappa shape index (κ2) is 5.57. The van der Waals surface area contributed by atoms with Crippen LogP contribution in [0.5, 0.6) is 11.5 Å². The molecule has 0 radical (unpaired) electrons. The average molecular weight is 325 g/mol. The van der Waals surface area contributed by atoms with E-state index in [2.05, 4.69) is 20.9 Å². The first-order valence-corrected chi connectivity index (χ1v) is 6.69. The summed E-state index contributed by atoms with van der Waals surface area (Å²) in [5.41, 5.74) is 7.78. The van der Waals surface area contributed by atoms with Crippen molar-refractivity contribution in [2.45, 2.75) is 20.3 Å². The highest BCUT2D eigenvalue weighted by molar-refractivity contribution is 9.10. The zero-order valence-electron chi connectivity index (χ0n) is 10.7. The summed E-state index contributed by atoms with van der Waals surface area (Å²) in [7, 11) is 0. The quantitative estimate of drug-likeness (QED) is 0.859. The van der Waals surface area contributed by atoms with Gasteiger partial charge in [-0.1, -0.05) is 6.92 Å². The Morgan fingerprint density at radius 2 is 2.05 bits per heavy atom. The van der Waals surface area contributed by atoms with E-state index in [-0.39, 0.29) is 5.69 Å². The molecule has 0 fully saturated rings. The van der Waals surface area contributed by atoms with Crippen LogP contribution in [0, 0.1) is 12.7 Å². The summed E-state index contributed by atoms with van der Waals surface area (Å²) in [6.45, 7) is 3.92. The molecule has 0 saturated carbocycles. The van der Waals surface area contributed by atoms with Gasteiger partial charge in [-0.3, -0.25) is 4.98 Å². The largest absolute Gasteiger partial charge is 0.453 e. The molecule has 19 heavy (non-hydrogen) atoms. The third kappa shape index (κ3) is 3.04. The fraction of sp³-hybridized carbons (Fsp3) is 0.214. The predicted molar refractivity (Wildman–Crippen MR) is 76.9 cm³/mol. The van der Waals surface area contributed by atoms with Gasteiger partial charge in [0, 0.05) is 17.8 Å². The van der Waals surface area contributed by atoms with Crippen LogP contribution >= 0.6 is 15.9 Å². The lowest BCUT2D eigenvalue weighted by Crippen LogP contribution is -1.98. The molecule has 2 N–H and O–H groups in total. The number of ether oxygens (including phenoxy) is 1. The lowest BCUT2D eigenvalue weighted by Gasteiger charge is -2.12. The second-order valence-corrected chi connectivity index (χ2v) is 5.01. The number of nitrogens with two attached hydrogens (primary N) is 1. The highest BCUT2D eigenvalue weighted by Gasteiger charge is 2.11. The van der Waals surface area contributed by atoms with E-state index in [4.69, 9.17) is 10.5 Å². The fourth-order valence-corrected chi connectivity index (χ4v) is 2.02. The third-order valence-electron chi connectivity index (χ3n) is 2.68. The maximum atomic E-state index is 13.3. The topological polar surface area (TPSA) is 48.1 Å². The lowest BCUT2D eigenvalue weighted by molar-refractivity contribution is 0.472. The van der Waals surface area contributed by atoms with Gasteiger partial charge in [0.2, 0.25) is 0 Å². The molecule has 0 aliphatic heterocycles. The standard InChI is InChI=1S/C14H14BrFN2O/c1-3-12-13(5-4-8(2)18-12)19-14-6-9(15)10(16)7-11(14)17/h4-7H,3,17H2,1-2H3. The molecular formula is C14H14BrFN2O. The summed E-state index contributed by atoms with van der Waals surface area (Å²) < 4.78 is 19.4. The Kier molecular flexibility index (Phi) is 4.04. The molecule has 100 valence electrons. The number of nitrogens with zero attached hydrogens (tertiary/aromatic N) is 1. The van der Waals surface area contributed by atoms with Crippen molar-refractivity contribution in [1.29, 1.82) is 0 Å². The monoisotopic (exact) mass is 324 g/mol. The van der Waals surface area contributed by atoms with Crippen molar-refractivity contribution in [2.75, 3.05) is 5.73 Å². The molecule has 1 aromatic carbocycles. The van der Waals surface area contributed by atoms with Gasteiger partial charge in [-0.05, 0) is 41.4 Å². The molecule has 0 aliphatic carbocycles. The SMILES string of the molecule is CCc1nc(C)ccc1Oc1cc(Br)c(F)cc1N. The summed E-state index contributed by atoms with van der Waals surface area (Å²) in [6.07, 6.45) is 0.749. The highest BCUT2D eigenvalue weighted by atomic mass is 79.9. The minimum Gasteiger partial charge on any atom is -0.453 e. The first kappa shape index (κ1) is 13.8. The van der Waals surface area contributed by atoms with Gasteiger partial charge in [0.15, 0.2) is 5.75 Å². The number of nitrogen functional groups attached to an aromatic ring is 1. The van der Waals surface area contributed by atoms with E-state index < -0.39 is 5.82 Å². The number of rotatable bonds is 3. The second-order valence-electron chi connectivity index (χ2n) is 4.16. The summed E-state index contributed by atoms with van der Waals surface area (Å²) in [6, 6.07) is 6.46. The van der Waals surface area contributed by atoms with Crippen molar-refractivity contribution >= 4 is 21.6 Å². The third-order valence-corrected chi connectivity index (χ3v) is 3.29. The summed E-state index contributed by atoms with van der Waals surface area (Å²) >= 11 is 3.11. The molecular weight excluding hydrogens is 311 g/mol. The number of aryl methyl sites for hydroxylation is 2. The predicted octanol–water partition coefficient (Wildman–Crippen LogP) is 4.23. The maximum Gasteiger partial charge on any atom is 0.151 e. The Morgan fingerprint density at radius 3 is 2.74 bits per heavy atom. The molecule has 0 bridgehead atoms. The number of aromatic nitrogens is 1. The van der Waals surface area contributed by atoms with E-state index in [0.29, 0.717) is 16.0 Å². The van der Waals surface area contributed by atoms with Crippen LogP contribution in [0.4, 0.5) is 10.1 Å². The Hall–Kier alpha value is -1.62. The van der Waals surface area contributed by atoms with Crippen LogP contribution in [-0.4, -0.2) is 4.98 Å². The Balaban J connectivity index is 2.39. The molecule has 0 aliphatic rings. The van der Waals surface area contributed by atoms with Gasteiger partial charge in [-0.25, -0.2) is 4.39 Å². The molecule has 2 aromatic rings. The van der Waals surface area contributed by atoms with Crippen molar-refractivity contribution in [3.05, 3.63) is 45.9 Å². The Labute approximate surface area is 119 Å². The van der Waals surface area contributed by atoms with Crippen LogP contribution in [0.2, 0.25) is 0 Å². The smallest absolute Gasteiger partial charge is 0.151 e. The zero-order chi connectivity index (χ0) is 14.0. The van der Waals surface area contributed by atoms with Gasteiger partial charge >= 0.3 is 0 Å². The molecule has 5 heteroatoms. The summed E-state index contributed by atoms with van der Waals surface area (Å²) in [5.74, 6) is 0.634. The molecule has 1 aromatic heterocycles. The normalized spacial score (nSPS) is 10.5. The van der Waals surface area contributed by atoms with E-state index in [1.54, 1.807) is 0 Å². The molecule has 0 atom stereocenters. The van der Waals surface area contributed by atoms with Crippen LogP contribution in [0.1, 0.15) is 18.3 Å². The van der Waals surface area contributed by atoms with E-state index >= 15 is 0 Å². The molecule has 0 unspecified atom stereocenters. The molecule has 0 amide bonds. The van der Waals surface area contributed by atoms with Crippen LogP contribution in [-0.2, 0) is 6.42 Å². The van der Waals surface area contributed by atoms with Crippen molar-refractivity contribution in [1.82, 2.24) is 4.98 Å². The Bertz CT molecular complexity index is 617. The summed E-state index contributed by atoms with van der Waals surface area (Å²) in [4.78, 5) is 4.41. The average Bonchev–Trinajstić information content (AvgIpc) is 2.37. The minimum atomic E-state index is -0.414. The molecule has 3 nitrogen and oxygen atoms in total.